The van der Waals surface area contributed by atoms with E-state index in [-0.39, 0.29) is 5.82 Å². The van der Waals surface area contributed by atoms with Crippen molar-refractivity contribution >= 4 is 21.6 Å². The number of fused-ring (bicyclic) bond motifs is 1. The summed E-state index contributed by atoms with van der Waals surface area (Å²) in [5, 5.41) is 4.61. The summed E-state index contributed by atoms with van der Waals surface area (Å²) in [7, 11) is 0. The lowest BCUT2D eigenvalue weighted by Crippen LogP contribution is -2.34. The molecule has 1 aliphatic heterocycles. The number of rotatable bonds is 1. The maximum atomic E-state index is 13.1. The van der Waals surface area contributed by atoms with Gasteiger partial charge in [-0.25, -0.2) is 9.37 Å². The molecule has 17 heavy (non-hydrogen) atoms. The second kappa shape index (κ2) is 4.35. The molecule has 2 aromatic rings. The molecule has 2 heterocycles. The van der Waals surface area contributed by atoms with Gasteiger partial charge in [0.05, 0.1) is 15.2 Å². The molecule has 1 aromatic carbocycles. The van der Waals surface area contributed by atoms with Gasteiger partial charge in [0.2, 0.25) is 0 Å². The van der Waals surface area contributed by atoms with Crippen LogP contribution >= 0.6 is 11.3 Å². The van der Waals surface area contributed by atoms with Crippen molar-refractivity contribution in [2.45, 2.75) is 31.7 Å². The summed E-state index contributed by atoms with van der Waals surface area (Å²) in [5.41, 5.74) is 0.928. The van der Waals surface area contributed by atoms with Crippen molar-refractivity contribution in [2.24, 2.45) is 0 Å². The van der Waals surface area contributed by atoms with Crippen molar-refractivity contribution in [1.82, 2.24) is 10.3 Å². The van der Waals surface area contributed by atoms with E-state index in [1.807, 2.05) is 0 Å². The van der Waals surface area contributed by atoms with Gasteiger partial charge in [-0.05, 0) is 44.5 Å². The summed E-state index contributed by atoms with van der Waals surface area (Å²) in [4.78, 5) is 4.64. The Labute approximate surface area is 104 Å². The van der Waals surface area contributed by atoms with Gasteiger partial charge in [0.1, 0.15) is 5.82 Å². The minimum Gasteiger partial charge on any atom is -0.314 e. The van der Waals surface area contributed by atoms with Crippen LogP contribution in [-0.4, -0.2) is 17.6 Å². The number of halogens is 1. The van der Waals surface area contributed by atoms with E-state index in [2.05, 4.69) is 17.2 Å². The Balaban J connectivity index is 1.94. The van der Waals surface area contributed by atoms with Crippen LogP contribution in [0.5, 0.6) is 0 Å². The predicted molar refractivity (Wildman–Crippen MR) is 69.0 cm³/mol. The summed E-state index contributed by atoms with van der Waals surface area (Å²) in [5.74, 6) is 0.359. The van der Waals surface area contributed by atoms with Gasteiger partial charge in [-0.15, -0.1) is 11.3 Å². The van der Waals surface area contributed by atoms with Gasteiger partial charge in [-0.2, -0.15) is 0 Å². The smallest absolute Gasteiger partial charge is 0.124 e. The molecule has 0 radical (unpaired) electrons. The number of thiazole rings is 1. The fraction of sp³-hybridized carbons (Fsp3) is 0.462. The van der Waals surface area contributed by atoms with E-state index in [9.17, 15) is 4.39 Å². The summed E-state index contributed by atoms with van der Waals surface area (Å²) in [6.45, 7) is 3.26. The minimum atomic E-state index is -0.175. The minimum absolute atomic E-state index is 0.175. The van der Waals surface area contributed by atoms with E-state index >= 15 is 0 Å². The lowest BCUT2D eigenvalue weighted by molar-refractivity contribution is 0.381. The molecule has 0 aliphatic carbocycles. The first-order chi connectivity index (χ1) is 8.22. The number of nitrogens with zero attached hydrogens (tertiary/aromatic N) is 1. The van der Waals surface area contributed by atoms with Crippen molar-refractivity contribution in [3.8, 4) is 0 Å². The van der Waals surface area contributed by atoms with E-state index in [0.29, 0.717) is 12.0 Å². The zero-order valence-corrected chi connectivity index (χ0v) is 10.6. The summed E-state index contributed by atoms with van der Waals surface area (Å²) in [6.07, 6.45) is 2.26. The molecule has 90 valence electrons. The molecule has 0 saturated carbocycles. The molecule has 2 atom stereocenters. The molecule has 1 saturated heterocycles. The summed E-state index contributed by atoms with van der Waals surface area (Å²) < 4.78 is 14.1. The van der Waals surface area contributed by atoms with E-state index < -0.39 is 0 Å². The zero-order valence-electron chi connectivity index (χ0n) is 9.74. The first kappa shape index (κ1) is 11.1. The summed E-state index contributed by atoms with van der Waals surface area (Å²) in [6, 6.07) is 5.39. The number of hydrogen-bond acceptors (Lipinski definition) is 3. The Morgan fingerprint density at radius 1 is 1.47 bits per heavy atom. The second-order valence-corrected chi connectivity index (χ2v) is 5.80. The van der Waals surface area contributed by atoms with Crippen molar-refractivity contribution in [2.75, 3.05) is 6.54 Å². The van der Waals surface area contributed by atoms with Crippen LogP contribution in [0.25, 0.3) is 10.2 Å². The van der Waals surface area contributed by atoms with Crippen LogP contribution in [0.4, 0.5) is 4.39 Å². The molecule has 1 fully saturated rings. The third-order valence-electron chi connectivity index (χ3n) is 3.34. The van der Waals surface area contributed by atoms with Crippen LogP contribution in [0.1, 0.15) is 30.7 Å². The molecule has 1 N–H and O–H groups in total. The quantitative estimate of drug-likeness (QED) is 0.840. The first-order valence-corrected chi connectivity index (χ1v) is 6.83. The Hall–Kier alpha value is -1.00. The lowest BCUT2D eigenvalue weighted by Gasteiger charge is -2.26. The predicted octanol–water partition coefficient (Wildman–Crippen LogP) is 3.29. The highest BCUT2D eigenvalue weighted by atomic mass is 32.1. The van der Waals surface area contributed by atoms with Gasteiger partial charge in [0, 0.05) is 12.0 Å². The third kappa shape index (κ3) is 2.19. The van der Waals surface area contributed by atoms with Gasteiger partial charge in [-0.3, -0.25) is 0 Å². The topological polar surface area (TPSA) is 24.9 Å². The molecule has 0 bridgehead atoms. The largest absolute Gasteiger partial charge is 0.314 e. The number of piperidine rings is 1. The molecule has 0 amide bonds. The average Bonchev–Trinajstić information content (AvgIpc) is 2.72. The molecule has 4 heteroatoms. The van der Waals surface area contributed by atoms with Gasteiger partial charge in [0.15, 0.2) is 0 Å². The summed E-state index contributed by atoms with van der Waals surface area (Å²) >= 11 is 1.64. The van der Waals surface area contributed by atoms with Crippen LogP contribution < -0.4 is 5.32 Å². The Morgan fingerprint density at radius 2 is 2.35 bits per heavy atom. The second-order valence-electron chi connectivity index (χ2n) is 4.74. The fourth-order valence-electron chi connectivity index (χ4n) is 2.45. The van der Waals surface area contributed by atoms with Gasteiger partial charge in [0.25, 0.3) is 0 Å². The standard InChI is InChI=1S/C13H15FN2S/c1-8-6-9(4-5-15-8)13-16-11-3-2-10(14)7-12(11)17-13/h2-3,7-9,15H,4-6H2,1H3. The van der Waals surface area contributed by atoms with Crippen molar-refractivity contribution in [3.05, 3.63) is 29.0 Å². The molecule has 3 rings (SSSR count). The average molecular weight is 250 g/mol. The van der Waals surface area contributed by atoms with E-state index in [4.69, 9.17) is 0 Å². The van der Waals surface area contributed by atoms with Crippen molar-refractivity contribution in [1.29, 1.82) is 0 Å². The van der Waals surface area contributed by atoms with Crippen LogP contribution in [0.3, 0.4) is 0 Å². The maximum Gasteiger partial charge on any atom is 0.124 e. The molecular formula is C13H15FN2S. The van der Waals surface area contributed by atoms with Crippen LogP contribution in [0.2, 0.25) is 0 Å². The fourth-order valence-corrected chi connectivity index (χ4v) is 3.59. The van der Waals surface area contributed by atoms with Gasteiger partial charge >= 0.3 is 0 Å². The van der Waals surface area contributed by atoms with E-state index in [1.165, 1.54) is 11.1 Å². The number of benzene rings is 1. The van der Waals surface area contributed by atoms with Gasteiger partial charge in [-0.1, -0.05) is 0 Å². The number of nitrogens with one attached hydrogen (secondary N) is 1. The molecule has 0 spiro atoms. The van der Waals surface area contributed by atoms with E-state index in [1.54, 1.807) is 23.5 Å². The van der Waals surface area contributed by atoms with Crippen molar-refractivity contribution < 1.29 is 4.39 Å². The molecular weight excluding hydrogens is 235 g/mol. The van der Waals surface area contributed by atoms with Crippen molar-refractivity contribution in [3.63, 3.8) is 0 Å². The highest BCUT2D eigenvalue weighted by Crippen LogP contribution is 2.33. The highest BCUT2D eigenvalue weighted by molar-refractivity contribution is 7.18. The van der Waals surface area contributed by atoms with Gasteiger partial charge < -0.3 is 5.32 Å². The van der Waals surface area contributed by atoms with Crippen LogP contribution in [0.15, 0.2) is 18.2 Å². The monoisotopic (exact) mass is 250 g/mol. The number of hydrogen-bond donors (Lipinski definition) is 1. The highest BCUT2D eigenvalue weighted by Gasteiger charge is 2.22. The number of aromatic nitrogens is 1. The Kier molecular flexibility index (Phi) is 2.84. The molecule has 2 nitrogen and oxygen atoms in total. The van der Waals surface area contributed by atoms with Crippen LogP contribution in [-0.2, 0) is 0 Å². The maximum absolute atomic E-state index is 13.1. The molecule has 1 aromatic heterocycles. The lowest BCUT2D eigenvalue weighted by atomic mass is 9.94. The molecule has 2 unspecified atom stereocenters. The van der Waals surface area contributed by atoms with E-state index in [0.717, 1.165) is 29.6 Å². The Morgan fingerprint density at radius 3 is 3.18 bits per heavy atom. The third-order valence-corrected chi connectivity index (χ3v) is 4.52. The van der Waals surface area contributed by atoms with Crippen LogP contribution in [0, 0.1) is 5.82 Å². The molecule has 1 aliphatic rings. The zero-order chi connectivity index (χ0) is 11.8. The normalized spacial score (nSPS) is 25.3. The first-order valence-electron chi connectivity index (χ1n) is 6.02. The SMILES string of the molecule is CC1CC(c2nc3ccc(F)cc3s2)CCN1. The Bertz CT molecular complexity index is 537.